The summed E-state index contributed by atoms with van der Waals surface area (Å²) in [7, 11) is -3.83. The number of hydrogen-bond donors (Lipinski definition) is 2. The number of amides is 1. The van der Waals surface area contributed by atoms with Gasteiger partial charge in [-0.2, -0.15) is 0 Å². The van der Waals surface area contributed by atoms with Gasteiger partial charge in [-0.25, -0.2) is 18.4 Å². The van der Waals surface area contributed by atoms with Gasteiger partial charge in [-0.15, -0.1) is 0 Å². The number of ether oxygens (including phenoxy) is 2. The van der Waals surface area contributed by atoms with E-state index in [2.05, 4.69) is 5.32 Å². The van der Waals surface area contributed by atoms with Gasteiger partial charge in [-0.05, 0) is 55.0 Å². The monoisotopic (exact) mass is 454 g/mol. The van der Waals surface area contributed by atoms with Gasteiger partial charge in [0.25, 0.3) is 5.91 Å². The quantitative estimate of drug-likeness (QED) is 0.504. The molecule has 0 bridgehead atoms. The Kier molecular flexibility index (Phi) is 7.24. The molecule has 0 aliphatic rings. The molecule has 0 saturated heterocycles. The molecule has 0 radical (unpaired) electrons. The van der Waals surface area contributed by atoms with Crippen molar-refractivity contribution in [2.45, 2.75) is 24.5 Å². The smallest absolute Gasteiger partial charge is 0.339 e. The lowest BCUT2D eigenvalue weighted by atomic mass is 10.2. The van der Waals surface area contributed by atoms with E-state index in [1.54, 1.807) is 24.3 Å². The molecule has 3 aromatic rings. The summed E-state index contributed by atoms with van der Waals surface area (Å²) in [5.41, 5.74) is 1.57. The maximum atomic E-state index is 12.5. The Balaban J connectivity index is 1.57. The molecule has 1 amide bonds. The number of anilines is 1. The Hall–Kier alpha value is -3.69. The normalized spacial score (nSPS) is 11.9. The van der Waals surface area contributed by atoms with E-state index in [0.717, 1.165) is 5.56 Å². The van der Waals surface area contributed by atoms with Crippen LogP contribution in [-0.2, 0) is 26.2 Å². The lowest BCUT2D eigenvalue weighted by Gasteiger charge is -2.14. The molecule has 3 aromatic carbocycles. The molecular formula is C23H22N2O6S. The van der Waals surface area contributed by atoms with Gasteiger partial charge in [-0.3, -0.25) is 4.79 Å². The zero-order valence-electron chi connectivity index (χ0n) is 17.2. The van der Waals surface area contributed by atoms with Crippen LogP contribution in [0.25, 0.3) is 0 Å². The van der Waals surface area contributed by atoms with E-state index in [-0.39, 0.29) is 10.5 Å². The minimum absolute atomic E-state index is 0.0793. The summed E-state index contributed by atoms with van der Waals surface area (Å²) in [6, 6.07) is 21.4. The van der Waals surface area contributed by atoms with Crippen LogP contribution < -0.4 is 15.2 Å². The van der Waals surface area contributed by atoms with E-state index >= 15 is 0 Å². The first-order valence-corrected chi connectivity index (χ1v) is 11.2. The number of esters is 1. The lowest BCUT2D eigenvalue weighted by molar-refractivity contribution is -0.123. The standard InChI is InChI=1S/C23H22N2O6S/c1-16(22(26)25-19-10-12-21(13-11-19)32(24,28)29)31-23(27)18-8-5-9-20(14-18)30-15-17-6-3-2-4-7-17/h2-14,16H,15H2,1H3,(H,25,26)(H2,24,28,29). The van der Waals surface area contributed by atoms with E-state index in [0.29, 0.717) is 18.0 Å². The van der Waals surface area contributed by atoms with Crippen LogP contribution in [-0.4, -0.2) is 26.4 Å². The molecule has 0 spiro atoms. The predicted molar refractivity (Wildman–Crippen MR) is 119 cm³/mol. The van der Waals surface area contributed by atoms with Crippen molar-refractivity contribution >= 4 is 27.6 Å². The number of nitrogens with one attached hydrogen (secondary N) is 1. The number of hydrogen-bond acceptors (Lipinski definition) is 6. The Bertz CT molecular complexity index is 1190. The number of primary sulfonamides is 1. The van der Waals surface area contributed by atoms with E-state index in [4.69, 9.17) is 14.6 Å². The van der Waals surface area contributed by atoms with Crippen LogP contribution in [0.15, 0.2) is 83.8 Å². The molecule has 0 heterocycles. The van der Waals surface area contributed by atoms with Crippen molar-refractivity contribution in [1.29, 1.82) is 0 Å². The second-order valence-corrected chi connectivity index (χ2v) is 8.47. The summed E-state index contributed by atoms with van der Waals surface area (Å²) >= 11 is 0. The molecule has 0 aliphatic carbocycles. The van der Waals surface area contributed by atoms with Gasteiger partial charge in [0.05, 0.1) is 10.5 Å². The Morgan fingerprint density at radius 2 is 1.66 bits per heavy atom. The second kappa shape index (κ2) is 10.1. The summed E-state index contributed by atoms with van der Waals surface area (Å²) < 4.78 is 33.5. The highest BCUT2D eigenvalue weighted by atomic mass is 32.2. The first-order valence-electron chi connectivity index (χ1n) is 9.64. The third kappa shape index (κ3) is 6.40. The molecule has 32 heavy (non-hydrogen) atoms. The van der Waals surface area contributed by atoms with Crippen LogP contribution in [0.1, 0.15) is 22.8 Å². The van der Waals surface area contributed by atoms with Crippen LogP contribution in [0.4, 0.5) is 5.69 Å². The summed E-state index contributed by atoms with van der Waals surface area (Å²) in [4.78, 5) is 24.7. The summed E-state index contributed by atoms with van der Waals surface area (Å²) in [5, 5.41) is 7.59. The van der Waals surface area contributed by atoms with Crippen molar-refractivity contribution in [2.24, 2.45) is 5.14 Å². The minimum atomic E-state index is -3.83. The highest BCUT2D eigenvalue weighted by Crippen LogP contribution is 2.17. The molecule has 8 nitrogen and oxygen atoms in total. The Labute approximate surface area is 186 Å². The maximum Gasteiger partial charge on any atom is 0.339 e. The van der Waals surface area contributed by atoms with E-state index in [9.17, 15) is 18.0 Å². The lowest BCUT2D eigenvalue weighted by Crippen LogP contribution is -2.30. The average molecular weight is 455 g/mol. The van der Waals surface area contributed by atoms with Crippen molar-refractivity contribution in [3.05, 3.63) is 90.0 Å². The highest BCUT2D eigenvalue weighted by molar-refractivity contribution is 7.89. The number of carbonyl (C=O) groups excluding carboxylic acids is 2. The Morgan fingerprint density at radius 3 is 2.31 bits per heavy atom. The summed E-state index contributed by atoms with van der Waals surface area (Å²) in [6.45, 7) is 1.78. The van der Waals surface area contributed by atoms with Gasteiger partial charge in [0, 0.05) is 5.69 Å². The van der Waals surface area contributed by atoms with Crippen LogP contribution in [0.3, 0.4) is 0 Å². The van der Waals surface area contributed by atoms with Gasteiger partial charge < -0.3 is 14.8 Å². The van der Waals surface area contributed by atoms with Gasteiger partial charge >= 0.3 is 5.97 Å². The Morgan fingerprint density at radius 1 is 0.969 bits per heavy atom. The van der Waals surface area contributed by atoms with E-state index in [1.807, 2.05) is 30.3 Å². The third-order valence-corrected chi connectivity index (χ3v) is 5.35. The number of carbonyl (C=O) groups is 2. The fourth-order valence-electron chi connectivity index (χ4n) is 2.71. The molecule has 3 N–H and O–H groups in total. The molecule has 1 unspecified atom stereocenters. The van der Waals surface area contributed by atoms with Crippen molar-refractivity contribution in [2.75, 3.05) is 5.32 Å². The van der Waals surface area contributed by atoms with E-state index in [1.165, 1.54) is 31.2 Å². The molecular weight excluding hydrogens is 432 g/mol. The third-order valence-electron chi connectivity index (χ3n) is 4.42. The SMILES string of the molecule is CC(OC(=O)c1cccc(OCc2ccccc2)c1)C(=O)Nc1ccc(S(N)(=O)=O)cc1. The fourth-order valence-corrected chi connectivity index (χ4v) is 3.22. The zero-order valence-corrected chi connectivity index (χ0v) is 18.0. The number of sulfonamides is 1. The van der Waals surface area contributed by atoms with Crippen molar-refractivity contribution in [3.63, 3.8) is 0 Å². The molecule has 9 heteroatoms. The van der Waals surface area contributed by atoms with Gasteiger partial charge in [0.15, 0.2) is 6.10 Å². The fraction of sp³-hybridized carbons (Fsp3) is 0.130. The first kappa shape index (κ1) is 23.0. The van der Waals surface area contributed by atoms with Crippen LogP contribution in [0, 0.1) is 0 Å². The van der Waals surface area contributed by atoms with Crippen LogP contribution in [0.2, 0.25) is 0 Å². The highest BCUT2D eigenvalue weighted by Gasteiger charge is 2.20. The topological polar surface area (TPSA) is 125 Å². The van der Waals surface area contributed by atoms with Gasteiger partial charge in [0.2, 0.25) is 10.0 Å². The van der Waals surface area contributed by atoms with Crippen molar-refractivity contribution in [1.82, 2.24) is 0 Å². The molecule has 0 aliphatic heterocycles. The second-order valence-electron chi connectivity index (χ2n) is 6.91. The summed E-state index contributed by atoms with van der Waals surface area (Å²) in [5.74, 6) is -0.754. The van der Waals surface area contributed by atoms with Crippen molar-refractivity contribution < 1.29 is 27.5 Å². The predicted octanol–water partition coefficient (Wildman–Crippen LogP) is 3.10. The first-order chi connectivity index (χ1) is 15.2. The molecule has 0 saturated carbocycles. The molecule has 3 rings (SSSR count). The molecule has 0 fully saturated rings. The summed E-state index contributed by atoms with van der Waals surface area (Å²) in [6.07, 6.45) is -1.09. The largest absolute Gasteiger partial charge is 0.489 e. The minimum Gasteiger partial charge on any atom is -0.489 e. The number of benzene rings is 3. The van der Waals surface area contributed by atoms with Crippen LogP contribution in [0.5, 0.6) is 5.75 Å². The molecule has 166 valence electrons. The van der Waals surface area contributed by atoms with Crippen LogP contribution >= 0.6 is 0 Å². The zero-order chi connectivity index (χ0) is 23.1. The number of nitrogens with two attached hydrogens (primary N) is 1. The molecule has 0 aromatic heterocycles. The maximum absolute atomic E-state index is 12.5. The average Bonchev–Trinajstić information content (AvgIpc) is 2.78. The van der Waals surface area contributed by atoms with E-state index < -0.39 is 28.0 Å². The number of rotatable bonds is 8. The van der Waals surface area contributed by atoms with Crippen molar-refractivity contribution in [3.8, 4) is 5.75 Å². The van der Waals surface area contributed by atoms with Gasteiger partial charge in [0.1, 0.15) is 12.4 Å². The van der Waals surface area contributed by atoms with Gasteiger partial charge in [-0.1, -0.05) is 36.4 Å². The molecule has 1 atom stereocenters.